The van der Waals surface area contributed by atoms with Gasteiger partial charge in [-0.3, -0.25) is 0 Å². The summed E-state index contributed by atoms with van der Waals surface area (Å²) in [5.41, 5.74) is 1.12. The highest BCUT2D eigenvalue weighted by atomic mass is 127. The maximum atomic E-state index is 4.29. The lowest BCUT2D eigenvalue weighted by molar-refractivity contribution is 0.657. The lowest BCUT2D eigenvalue weighted by atomic mass is 10.4. The van der Waals surface area contributed by atoms with Crippen molar-refractivity contribution in [2.45, 2.75) is 33.7 Å². The first-order chi connectivity index (χ1) is 4.74. The average molecular weight is 266 g/mol. The van der Waals surface area contributed by atoms with Gasteiger partial charge in [0.15, 0.2) is 0 Å². The number of nitrogens with zero attached hydrogens (tertiary/aromatic N) is 2. The van der Waals surface area contributed by atoms with Gasteiger partial charge in [0.25, 0.3) is 0 Å². The Hall–Kier alpha value is -0.0600. The van der Waals surface area contributed by atoms with Crippen molar-refractivity contribution in [3.63, 3.8) is 0 Å². The molecule has 11 heavy (non-hydrogen) atoms. The molecular weight excluding hydrogens is 251 g/mol. The lowest BCUT2D eigenvalue weighted by Crippen LogP contribution is -1.96. The summed E-state index contributed by atoms with van der Waals surface area (Å²) in [5.74, 6) is 1.12. The Bertz CT molecular complexity index is 218. The van der Waals surface area contributed by atoms with E-state index in [4.69, 9.17) is 0 Å². The van der Waals surface area contributed by atoms with Crippen LogP contribution in [0, 0.1) is 13.8 Å². The van der Waals surface area contributed by atoms with Gasteiger partial charge in [0, 0.05) is 12.7 Å². The summed E-state index contributed by atoms with van der Waals surface area (Å²) in [6.07, 6.45) is 3.27. The van der Waals surface area contributed by atoms with Gasteiger partial charge < -0.3 is 4.57 Å². The molecule has 0 amide bonds. The maximum Gasteiger partial charge on any atom is 0.105 e. The van der Waals surface area contributed by atoms with Gasteiger partial charge in [0.1, 0.15) is 5.82 Å². The molecule has 0 aliphatic carbocycles. The van der Waals surface area contributed by atoms with Gasteiger partial charge in [-0.05, 0) is 20.3 Å². The second-order valence-electron chi connectivity index (χ2n) is 2.62. The van der Waals surface area contributed by atoms with E-state index >= 15 is 0 Å². The molecule has 0 aliphatic heterocycles. The minimum Gasteiger partial charge on any atom is -0.335 e. The molecule has 1 aromatic rings. The van der Waals surface area contributed by atoms with Gasteiger partial charge in [-0.1, -0.05) is 6.92 Å². The van der Waals surface area contributed by atoms with E-state index in [2.05, 4.69) is 22.7 Å². The fraction of sp³-hybridized carbons (Fsp3) is 0.625. The van der Waals surface area contributed by atoms with E-state index in [1.807, 2.05) is 13.8 Å². The first-order valence-corrected chi connectivity index (χ1v) is 3.74. The van der Waals surface area contributed by atoms with Crippen LogP contribution in [-0.2, 0) is 6.54 Å². The van der Waals surface area contributed by atoms with Crippen molar-refractivity contribution in [2.75, 3.05) is 0 Å². The van der Waals surface area contributed by atoms with Crippen molar-refractivity contribution < 1.29 is 0 Å². The first kappa shape index (κ1) is 10.9. The van der Waals surface area contributed by atoms with Crippen molar-refractivity contribution in [3.05, 3.63) is 17.7 Å². The van der Waals surface area contributed by atoms with E-state index in [0.717, 1.165) is 18.1 Å². The second-order valence-corrected chi connectivity index (χ2v) is 2.62. The van der Waals surface area contributed by atoms with E-state index in [1.165, 1.54) is 6.42 Å². The molecule has 0 unspecified atom stereocenters. The Morgan fingerprint density at radius 1 is 1.45 bits per heavy atom. The van der Waals surface area contributed by atoms with Gasteiger partial charge in [-0.2, -0.15) is 0 Å². The summed E-state index contributed by atoms with van der Waals surface area (Å²) in [6, 6.07) is 0. The van der Waals surface area contributed by atoms with Crippen LogP contribution in [-0.4, -0.2) is 9.55 Å². The zero-order chi connectivity index (χ0) is 7.56. The minimum absolute atomic E-state index is 0. The number of hydrogen-bond acceptors (Lipinski definition) is 1. The fourth-order valence-electron chi connectivity index (χ4n) is 1.13. The third kappa shape index (κ3) is 2.81. The van der Waals surface area contributed by atoms with E-state index in [1.54, 1.807) is 0 Å². The van der Waals surface area contributed by atoms with Gasteiger partial charge in [0.05, 0.1) is 5.69 Å². The van der Waals surface area contributed by atoms with Crippen molar-refractivity contribution in [2.24, 2.45) is 0 Å². The number of imidazole rings is 1. The molecule has 64 valence electrons. The summed E-state index contributed by atoms with van der Waals surface area (Å²) in [4.78, 5) is 4.29. The highest BCUT2D eigenvalue weighted by Gasteiger charge is 1.96. The van der Waals surface area contributed by atoms with Crippen LogP contribution < -0.4 is 0 Å². The monoisotopic (exact) mass is 266 g/mol. The van der Waals surface area contributed by atoms with Crippen molar-refractivity contribution in [1.82, 2.24) is 9.55 Å². The highest BCUT2D eigenvalue weighted by molar-refractivity contribution is 14.0. The standard InChI is InChI=1S/C8H14N2.HI/c1-4-5-10-6-7(2)9-8(10)3;/h6H,4-5H2,1-3H3;1H. The number of aryl methyl sites for hydroxylation is 3. The molecule has 0 radical (unpaired) electrons. The molecule has 0 spiro atoms. The zero-order valence-electron chi connectivity index (χ0n) is 7.29. The smallest absolute Gasteiger partial charge is 0.105 e. The average Bonchev–Trinajstić information content (AvgIpc) is 2.13. The largest absolute Gasteiger partial charge is 0.335 e. The second kappa shape index (κ2) is 4.74. The van der Waals surface area contributed by atoms with Crippen LogP contribution in [0.1, 0.15) is 24.9 Å². The Labute approximate surface area is 85.0 Å². The van der Waals surface area contributed by atoms with Gasteiger partial charge >= 0.3 is 0 Å². The first-order valence-electron chi connectivity index (χ1n) is 3.74. The molecule has 0 aromatic carbocycles. The molecule has 1 rings (SSSR count). The number of hydrogen-bond donors (Lipinski definition) is 0. The van der Waals surface area contributed by atoms with Crippen LogP contribution in [0.3, 0.4) is 0 Å². The minimum atomic E-state index is 0. The van der Waals surface area contributed by atoms with Crippen LogP contribution in [0.25, 0.3) is 0 Å². The molecular formula is C8H15IN2. The molecule has 0 fully saturated rings. The van der Waals surface area contributed by atoms with Gasteiger partial charge in [0.2, 0.25) is 0 Å². The van der Waals surface area contributed by atoms with Crippen LogP contribution in [0.15, 0.2) is 6.20 Å². The van der Waals surface area contributed by atoms with E-state index in [0.29, 0.717) is 0 Å². The highest BCUT2D eigenvalue weighted by Crippen LogP contribution is 2.01. The topological polar surface area (TPSA) is 17.8 Å². The molecule has 3 heteroatoms. The summed E-state index contributed by atoms with van der Waals surface area (Å²) in [7, 11) is 0. The van der Waals surface area contributed by atoms with Crippen LogP contribution in [0.2, 0.25) is 0 Å². The number of aromatic nitrogens is 2. The SMILES string of the molecule is CCCn1cc(C)nc1C.I. The third-order valence-electron chi connectivity index (χ3n) is 1.56. The van der Waals surface area contributed by atoms with Gasteiger partial charge in [-0.25, -0.2) is 4.98 Å². The predicted molar refractivity (Wildman–Crippen MR) is 57.4 cm³/mol. The molecule has 0 saturated heterocycles. The Kier molecular flexibility index (Phi) is 4.72. The predicted octanol–water partition coefficient (Wildman–Crippen LogP) is 2.53. The molecule has 1 heterocycles. The van der Waals surface area contributed by atoms with Crippen LogP contribution >= 0.6 is 24.0 Å². The molecule has 0 bridgehead atoms. The number of halogens is 1. The quantitative estimate of drug-likeness (QED) is 0.752. The normalized spacial score (nSPS) is 9.36. The van der Waals surface area contributed by atoms with Crippen LogP contribution in [0.4, 0.5) is 0 Å². The molecule has 1 aromatic heterocycles. The van der Waals surface area contributed by atoms with E-state index < -0.39 is 0 Å². The maximum absolute atomic E-state index is 4.29. The Balaban J connectivity index is 0.000001000. The number of rotatable bonds is 2. The zero-order valence-corrected chi connectivity index (χ0v) is 9.62. The molecule has 0 atom stereocenters. The lowest BCUT2D eigenvalue weighted by Gasteiger charge is -1.99. The summed E-state index contributed by atoms with van der Waals surface area (Å²) >= 11 is 0. The fourth-order valence-corrected chi connectivity index (χ4v) is 1.13. The van der Waals surface area contributed by atoms with Gasteiger partial charge in [-0.15, -0.1) is 24.0 Å². The van der Waals surface area contributed by atoms with E-state index in [9.17, 15) is 0 Å². The molecule has 0 saturated carbocycles. The van der Waals surface area contributed by atoms with Crippen molar-refractivity contribution in [3.8, 4) is 0 Å². The summed E-state index contributed by atoms with van der Waals surface area (Å²) in [5, 5.41) is 0. The molecule has 2 nitrogen and oxygen atoms in total. The summed E-state index contributed by atoms with van der Waals surface area (Å²) < 4.78 is 2.19. The molecule has 0 aliphatic rings. The van der Waals surface area contributed by atoms with Crippen LogP contribution in [0.5, 0.6) is 0 Å². The summed E-state index contributed by atoms with van der Waals surface area (Å²) in [6.45, 7) is 7.34. The van der Waals surface area contributed by atoms with Crippen molar-refractivity contribution in [1.29, 1.82) is 0 Å². The Morgan fingerprint density at radius 2 is 2.09 bits per heavy atom. The molecule has 0 N–H and O–H groups in total. The van der Waals surface area contributed by atoms with E-state index in [-0.39, 0.29) is 24.0 Å². The third-order valence-corrected chi connectivity index (χ3v) is 1.56. The van der Waals surface area contributed by atoms with Crippen molar-refractivity contribution >= 4 is 24.0 Å². The Morgan fingerprint density at radius 3 is 2.45 bits per heavy atom.